The van der Waals surface area contributed by atoms with Crippen molar-refractivity contribution in [2.45, 2.75) is 155 Å². The Bertz CT molecular complexity index is 659. The summed E-state index contributed by atoms with van der Waals surface area (Å²) in [6.45, 7) is 4.39. The number of hydrogen-bond acceptors (Lipinski definition) is 3. The number of ether oxygens (including phenoxy) is 1. The van der Waals surface area contributed by atoms with E-state index in [9.17, 15) is 9.59 Å². The summed E-state index contributed by atoms with van der Waals surface area (Å²) in [6, 6.07) is 0. The van der Waals surface area contributed by atoms with Gasteiger partial charge in [-0.3, -0.25) is 9.59 Å². The molecule has 0 saturated carbocycles. The van der Waals surface area contributed by atoms with E-state index in [1.165, 1.54) is 38.5 Å². The average Bonchev–Trinajstić information content (AvgIpc) is 2.89. The Kier molecular flexibility index (Phi) is 27.8. The molecular weight excluding hydrogens is 472 g/mol. The van der Waals surface area contributed by atoms with E-state index >= 15 is 0 Å². The third-order valence-electron chi connectivity index (χ3n) is 6.57. The van der Waals surface area contributed by atoms with Gasteiger partial charge in [0.05, 0.1) is 0 Å². The smallest absolute Gasteiger partial charge is 0.306 e. The molecule has 0 bridgehead atoms. The summed E-state index contributed by atoms with van der Waals surface area (Å²) in [4.78, 5) is 23.1. The van der Waals surface area contributed by atoms with E-state index in [0.717, 1.165) is 77.0 Å². The van der Waals surface area contributed by atoms with Gasteiger partial charge in [0.15, 0.2) is 0 Å². The van der Waals surface area contributed by atoms with Crippen molar-refractivity contribution in [3.63, 3.8) is 0 Å². The quantitative estimate of drug-likeness (QED) is 0.0651. The SMILES string of the molecule is CC/C=C\C/C=C\C/C=C\C/C=C\CCCCC(=O)OC(CCCCCCCCC)CCCCCC(=O)O. The Labute approximate surface area is 234 Å². The highest BCUT2D eigenvalue weighted by Gasteiger charge is 2.14. The van der Waals surface area contributed by atoms with Gasteiger partial charge in [0, 0.05) is 12.8 Å². The number of rotatable bonds is 27. The predicted octanol–water partition coefficient (Wildman–Crippen LogP) is 10.4. The first kappa shape index (κ1) is 35.9. The van der Waals surface area contributed by atoms with Gasteiger partial charge >= 0.3 is 11.9 Å². The minimum absolute atomic E-state index is 0.0164. The van der Waals surface area contributed by atoms with E-state index in [1.54, 1.807) is 0 Å². The molecule has 0 aliphatic carbocycles. The fourth-order valence-electron chi connectivity index (χ4n) is 4.29. The van der Waals surface area contributed by atoms with Crippen LogP contribution in [0.3, 0.4) is 0 Å². The van der Waals surface area contributed by atoms with Crippen LogP contribution in [0.2, 0.25) is 0 Å². The molecule has 0 rings (SSSR count). The van der Waals surface area contributed by atoms with E-state index in [0.29, 0.717) is 12.8 Å². The number of carboxylic acid groups (broad SMARTS) is 1. The van der Waals surface area contributed by atoms with Crippen LogP contribution < -0.4 is 0 Å². The summed E-state index contributed by atoms with van der Waals surface area (Å²) in [6.07, 6.45) is 38.3. The normalized spacial score (nSPS) is 12.9. The summed E-state index contributed by atoms with van der Waals surface area (Å²) >= 11 is 0. The highest BCUT2D eigenvalue weighted by Crippen LogP contribution is 2.18. The van der Waals surface area contributed by atoms with Crippen molar-refractivity contribution >= 4 is 11.9 Å². The van der Waals surface area contributed by atoms with Crippen LogP contribution in [0.5, 0.6) is 0 Å². The molecule has 1 N–H and O–H groups in total. The van der Waals surface area contributed by atoms with Gasteiger partial charge in [0.1, 0.15) is 6.10 Å². The molecule has 0 aromatic heterocycles. The first-order chi connectivity index (χ1) is 18.6. The van der Waals surface area contributed by atoms with Crippen LogP contribution in [-0.2, 0) is 14.3 Å². The molecule has 4 heteroatoms. The van der Waals surface area contributed by atoms with Gasteiger partial charge < -0.3 is 9.84 Å². The average molecular weight is 531 g/mol. The van der Waals surface area contributed by atoms with Crippen molar-refractivity contribution in [2.75, 3.05) is 0 Å². The van der Waals surface area contributed by atoms with Gasteiger partial charge in [-0.05, 0) is 77.0 Å². The van der Waals surface area contributed by atoms with Crippen LogP contribution in [-0.4, -0.2) is 23.1 Å². The van der Waals surface area contributed by atoms with Gasteiger partial charge in [0.2, 0.25) is 0 Å². The lowest BCUT2D eigenvalue weighted by Gasteiger charge is -2.18. The fraction of sp³-hybridized carbons (Fsp3) is 0.706. The maximum atomic E-state index is 12.4. The maximum Gasteiger partial charge on any atom is 0.306 e. The second-order valence-corrected chi connectivity index (χ2v) is 10.3. The minimum atomic E-state index is -0.735. The highest BCUT2D eigenvalue weighted by atomic mass is 16.5. The van der Waals surface area contributed by atoms with Crippen LogP contribution in [0.25, 0.3) is 0 Å². The van der Waals surface area contributed by atoms with Crippen LogP contribution in [0.1, 0.15) is 149 Å². The molecule has 0 saturated heterocycles. The third kappa shape index (κ3) is 28.5. The lowest BCUT2D eigenvalue weighted by molar-refractivity contribution is -0.150. The molecule has 0 heterocycles. The van der Waals surface area contributed by atoms with Gasteiger partial charge in [-0.15, -0.1) is 0 Å². The Morgan fingerprint density at radius 1 is 0.605 bits per heavy atom. The van der Waals surface area contributed by atoms with E-state index in [-0.39, 0.29) is 18.5 Å². The molecule has 4 nitrogen and oxygen atoms in total. The number of carbonyl (C=O) groups excluding carboxylic acids is 1. The Hall–Kier alpha value is -2.10. The molecule has 0 spiro atoms. The predicted molar refractivity (Wildman–Crippen MR) is 162 cm³/mol. The summed E-state index contributed by atoms with van der Waals surface area (Å²) in [5.41, 5.74) is 0. The van der Waals surface area contributed by atoms with Crippen molar-refractivity contribution in [1.82, 2.24) is 0 Å². The summed E-state index contributed by atoms with van der Waals surface area (Å²) in [7, 11) is 0. The molecule has 1 unspecified atom stereocenters. The topological polar surface area (TPSA) is 63.6 Å². The van der Waals surface area contributed by atoms with Crippen LogP contribution >= 0.6 is 0 Å². The molecule has 1 atom stereocenters. The number of carbonyl (C=O) groups is 2. The Morgan fingerprint density at radius 3 is 1.68 bits per heavy atom. The zero-order valence-electron chi connectivity index (χ0n) is 24.7. The van der Waals surface area contributed by atoms with Crippen LogP contribution in [0, 0.1) is 0 Å². The zero-order valence-corrected chi connectivity index (χ0v) is 24.7. The highest BCUT2D eigenvalue weighted by molar-refractivity contribution is 5.69. The van der Waals surface area contributed by atoms with Gasteiger partial charge in [-0.25, -0.2) is 0 Å². The molecule has 0 radical (unpaired) electrons. The lowest BCUT2D eigenvalue weighted by Crippen LogP contribution is -2.18. The van der Waals surface area contributed by atoms with Gasteiger partial charge in [0.25, 0.3) is 0 Å². The van der Waals surface area contributed by atoms with Crippen molar-refractivity contribution in [1.29, 1.82) is 0 Å². The summed E-state index contributed by atoms with van der Waals surface area (Å²) < 4.78 is 5.85. The Balaban J connectivity index is 4.06. The second kappa shape index (κ2) is 29.5. The molecule has 0 fully saturated rings. The molecule has 0 aliphatic rings. The first-order valence-corrected chi connectivity index (χ1v) is 15.6. The molecule has 0 aliphatic heterocycles. The molecule has 0 amide bonds. The molecule has 38 heavy (non-hydrogen) atoms. The molecule has 0 aromatic carbocycles. The zero-order chi connectivity index (χ0) is 27.9. The van der Waals surface area contributed by atoms with Crippen molar-refractivity contribution in [3.8, 4) is 0 Å². The summed E-state index contributed by atoms with van der Waals surface area (Å²) in [5.74, 6) is -0.810. The van der Waals surface area contributed by atoms with E-state index in [2.05, 4.69) is 62.5 Å². The third-order valence-corrected chi connectivity index (χ3v) is 6.57. The fourth-order valence-corrected chi connectivity index (χ4v) is 4.29. The van der Waals surface area contributed by atoms with Crippen molar-refractivity contribution in [2.24, 2.45) is 0 Å². The molecule has 0 aromatic rings. The van der Waals surface area contributed by atoms with E-state index in [4.69, 9.17) is 9.84 Å². The number of esters is 1. The number of aliphatic carboxylic acids is 1. The number of unbranched alkanes of at least 4 members (excludes halogenated alkanes) is 10. The number of carboxylic acids is 1. The monoisotopic (exact) mass is 530 g/mol. The minimum Gasteiger partial charge on any atom is -0.481 e. The van der Waals surface area contributed by atoms with Crippen LogP contribution in [0.4, 0.5) is 0 Å². The van der Waals surface area contributed by atoms with Crippen molar-refractivity contribution < 1.29 is 19.4 Å². The standard InChI is InChI=1S/C34H58O4/c1-3-5-7-9-11-12-13-14-15-16-17-18-20-22-27-31-34(37)38-32(29-25-23-26-30-33(35)36)28-24-21-19-10-8-6-4-2/h5,7,11-12,14-15,17-18,32H,3-4,6,8-10,13,16,19-31H2,1-2H3,(H,35,36)/b7-5-,12-11-,15-14-,18-17-. The number of allylic oxidation sites excluding steroid dienone is 8. The Morgan fingerprint density at radius 2 is 1.11 bits per heavy atom. The van der Waals surface area contributed by atoms with Crippen molar-refractivity contribution in [3.05, 3.63) is 48.6 Å². The largest absolute Gasteiger partial charge is 0.481 e. The molecule has 218 valence electrons. The van der Waals surface area contributed by atoms with E-state index < -0.39 is 5.97 Å². The summed E-state index contributed by atoms with van der Waals surface area (Å²) in [5, 5.41) is 8.81. The molecular formula is C34H58O4. The maximum absolute atomic E-state index is 12.4. The number of hydrogen-bond donors (Lipinski definition) is 1. The van der Waals surface area contributed by atoms with Gasteiger partial charge in [-0.2, -0.15) is 0 Å². The lowest BCUT2D eigenvalue weighted by atomic mass is 10.0. The van der Waals surface area contributed by atoms with Gasteiger partial charge in [-0.1, -0.05) is 107 Å². The second-order valence-electron chi connectivity index (χ2n) is 10.3. The first-order valence-electron chi connectivity index (χ1n) is 15.6. The van der Waals surface area contributed by atoms with E-state index in [1.807, 2.05) is 0 Å². The van der Waals surface area contributed by atoms with Crippen LogP contribution in [0.15, 0.2) is 48.6 Å².